The third kappa shape index (κ3) is 4.42. The van der Waals surface area contributed by atoms with Crippen molar-refractivity contribution in [1.29, 1.82) is 0 Å². The second-order valence-corrected chi connectivity index (χ2v) is 10.7. The van der Waals surface area contributed by atoms with Gasteiger partial charge in [-0.2, -0.15) is 0 Å². The molecule has 0 aliphatic carbocycles. The topological polar surface area (TPSA) is 90.6 Å². The molecule has 0 aliphatic heterocycles. The molecule has 0 spiro atoms. The summed E-state index contributed by atoms with van der Waals surface area (Å²) in [5.41, 5.74) is 3.28. The number of thiazole rings is 1. The molecule has 3 aromatic heterocycles. The first-order chi connectivity index (χ1) is 14.7. The molecule has 9 heteroatoms. The largest absolute Gasteiger partial charge is 0.302 e. The van der Waals surface area contributed by atoms with Crippen LogP contribution in [0.1, 0.15) is 42.0 Å². The minimum Gasteiger partial charge on any atom is -0.302 e. The maximum Gasteiger partial charge on any atom is 0.177 e. The monoisotopic (exact) mass is 453 g/mol. The molecule has 1 aromatic carbocycles. The number of nitrogens with zero attached hydrogens (tertiary/aromatic N) is 5. The predicted octanol–water partition coefficient (Wildman–Crippen LogP) is 4.21. The van der Waals surface area contributed by atoms with E-state index in [0.717, 1.165) is 32.7 Å². The molecular formula is C22H23N5O2S2. The van der Waals surface area contributed by atoms with E-state index >= 15 is 0 Å². The van der Waals surface area contributed by atoms with Gasteiger partial charge in [0.2, 0.25) is 0 Å². The standard InChI is InChI=1S/C22H23N5O2S2/c1-14(2)22-25-9-10-27(22)18-11-16(5-6-19(18)31(4,28)29)21-15(3)26-20(30-21)12-17-13-23-7-8-24-17/h5-11,13-14H,12H2,1-4H3. The second-order valence-electron chi connectivity index (χ2n) is 7.66. The van der Waals surface area contributed by atoms with Crippen molar-refractivity contribution in [1.82, 2.24) is 24.5 Å². The Hall–Kier alpha value is -2.91. The Labute approximate surface area is 185 Å². The highest BCUT2D eigenvalue weighted by atomic mass is 32.2. The molecule has 0 N–H and O–H groups in total. The second kappa shape index (κ2) is 8.32. The van der Waals surface area contributed by atoms with Gasteiger partial charge in [0.05, 0.1) is 31.9 Å². The van der Waals surface area contributed by atoms with E-state index in [1.165, 1.54) is 6.26 Å². The number of hydrogen-bond acceptors (Lipinski definition) is 7. The molecule has 4 aromatic rings. The van der Waals surface area contributed by atoms with Gasteiger partial charge in [-0.3, -0.25) is 9.97 Å². The molecule has 0 amide bonds. The third-order valence-electron chi connectivity index (χ3n) is 4.86. The lowest BCUT2D eigenvalue weighted by atomic mass is 10.1. The van der Waals surface area contributed by atoms with Crippen LogP contribution in [-0.2, 0) is 16.3 Å². The van der Waals surface area contributed by atoms with Gasteiger partial charge in [0, 0.05) is 49.6 Å². The van der Waals surface area contributed by atoms with Crippen LogP contribution in [0.5, 0.6) is 0 Å². The van der Waals surface area contributed by atoms with Crippen LogP contribution in [0, 0.1) is 6.92 Å². The van der Waals surface area contributed by atoms with Crippen molar-refractivity contribution in [3.05, 3.63) is 71.4 Å². The van der Waals surface area contributed by atoms with Crippen molar-refractivity contribution in [3.8, 4) is 16.1 Å². The van der Waals surface area contributed by atoms with Crippen molar-refractivity contribution in [2.45, 2.75) is 38.0 Å². The van der Waals surface area contributed by atoms with E-state index in [1.807, 2.05) is 43.7 Å². The molecule has 0 bridgehead atoms. The van der Waals surface area contributed by atoms with Gasteiger partial charge >= 0.3 is 0 Å². The number of hydrogen-bond donors (Lipinski definition) is 0. The van der Waals surface area contributed by atoms with Gasteiger partial charge in [0.1, 0.15) is 5.82 Å². The Morgan fingerprint density at radius 1 is 1.13 bits per heavy atom. The third-order valence-corrected chi connectivity index (χ3v) is 7.21. The van der Waals surface area contributed by atoms with E-state index in [9.17, 15) is 8.42 Å². The fraction of sp³-hybridized carbons (Fsp3) is 0.273. The van der Waals surface area contributed by atoms with E-state index in [-0.39, 0.29) is 10.8 Å². The van der Waals surface area contributed by atoms with Crippen molar-refractivity contribution in [2.24, 2.45) is 0 Å². The van der Waals surface area contributed by atoms with Gasteiger partial charge in [-0.15, -0.1) is 11.3 Å². The van der Waals surface area contributed by atoms with Gasteiger partial charge in [0.25, 0.3) is 0 Å². The molecule has 160 valence electrons. The number of sulfone groups is 1. The van der Waals surface area contributed by atoms with Crippen LogP contribution in [0.2, 0.25) is 0 Å². The number of rotatable bonds is 6. The van der Waals surface area contributed by atoms with E-state index in [2.05, 4.69) is 15.0 Å². The average Bonchev–Trinajstić information content (AvgIpc) is 3.34. The van der Waals surface area contributed by atoms with Crippen LogP contribution >= 0.6 is 11.3 Å². The summed E-state index contributed by atoms with van der Waals surface area (Å²) >= 11 is 1.58. The summed E-state index contributed by atoms with van der Waals surface area (Å²) < 4.78 is 26.9. The first kappa shape index (κ1) is 21.3. The van der Waals surface area contributed by atoms with Crippen LogP contribution in [0.15, 0.2) is 54.1 Å². The first-order valence-corrected chi connectivity index (χ1v) is 12.5. The molecule has 31 heavy (non-hydrogen) atoms. The Balaban J connectivity index is 1.81. The number of imidazole rings is 1. The van der Waals surface area contributed by atoms with E-state index < -0.39 is 9.84 Å². The molecule has 0 radical (unpaired) electrons. The summed E-state index contributed by atoms with van der Waals surface area (Å²) in [6.07, 6.45) is 10.4. The van der Waals surface area contributed by atoms with Crippen LogP contribution in [0.4, 0.5) is 0 Å². The van der Waals surface area contributed by atoms with Gasteiger partial charge in [-0.1, -0.05) is 19.9 Å². The Bertz CT molecular complexity index is 1330. The molecule has 0 atom stereocenters. The number of benzene rings is 1. The quantitative estimate of drug-likeness (QED) is 0.434. The van der Waals surface area contributed by atoms with Crippen molar-refractivity contribution in [2.75, 3.05) is 6.26 Å². The van der Waals surface area contributed by atoms with E-state index in [1.54, 1.807) is 42.2 Å². The summed E-state index contributed by atoms with van der Waals surface area (Å²) in [5.74, 6) is 0.959. The zero-order chi connectivity index (χ0) is 22.2. The Morgan fingerprint density at radius 2 is 1.94 bits per heavy atom. The summed E-state index contributed by atoms with van der Waals surface area (Å²) in [5, 5.41) is 0.937. The van der Waals surface area contributed by atoms with Gasteiger partial charge in [-0.25, -0.2) is 18.4 Å². The molecule has 3 heterocycles. The fourth-order valence-corrected chi connectivity index (χ4v) is 5.41. The van der Waals surface area contributed by atoms with E-state index in [0.29, 0.717) is 12.1 Å². The SMILES string of the molecule is Cc1nc(Cc2cnccn2)sc1-c1ccc(S(C)(=O)=O)c(-n2ccnc2C(C)C)c1. The maximum atomic E-state index is 12.5. The fourth-order valence-electron chi connectivity index (χ4n) is 3.48. The van der Waals surface area contributed by atoms with Crippen molar-refractivity contribution in [3.63, 3.8) is 0 Å². The molecule has 0 saturated heterocycles. The highest BCUT2D eigenvalue weighted by Gasteiger charge is 2.20. The van der Waals surface area contributed by atoms with Crippen LogP contribution in [0.25, 0.3) is 16.1 Å². The summed E-state index contributed by atoms with van der Waals surface area (Å²) in [6, 6.07) is 5.43. The smallest absolute Gasteiger partial charge is 0.177 e. The predicted molar refractivity (Wildman–Crippen MR) is 121 cm³/mol. The van der Waals surface area contributed by atoms with Crippen molar-refractivity contribution < 1.29 is 8.42 Å². The highest BCUT2D eigenvalue weighted by Crippen LogP contribution is 2.35. The zero-order valence-electron chi connectivity index (χ0n) is 17.8. The first-order valence-electron chi connectivity index (χ1n) is 9.83. The lowest BCUT2D eigenvalue weighted by molar-refractivity contribution is 0.601. The van der Waals surface area contributed by atoms with Crippen molar-refractivity contribution >= 4 is 21.2 Å². The van der Waals surface area contributed by atoms with Crippen LogP contribution in [0.3, 0.4) is 0 Å². The molecule has 0 fully saturated rings. The van der Waals surface area contributed by atoms with Crippen LogP contribution in [-0.4, -0.2) is 39.2 Å². The summed E-state index contributed by atoms with van der Waals surface area (Å²) in [7, 11) is -3.42. The number of aryl methyl sites for hydroxylation is 1. The summed E-state index contributed by atoms with van der Waals surface area (Å²) in [4.78, 5) is 18.9. The molecule has 0 unspecified atom stereocenters. The lowest BCUT2D eigenvalue weighted by Gasteiger charge is -2.15. The summed E-state index contributed by atoms with van der Waals surface area (Å²) in [6.45, 7) is 6.04. The number of aromatic nitrogens is 5. The molecule has 0 saturated carbocycles. The van der Waals surface area contributed by atoms with E-state index in [4.69, 9.17) is 4.98 Å². The van der Waals surface area contributed by atoms with Gasteiger partial charge < -0.3 is 4.57 Å². The Morgan fingerprint density at radius 3 is 2.61 bits per heavy atom. The normalized spacial score (nSPS) is 11.9. The maximum absolute atomic E-state index is 12.5. The average molecular weight is 454 g/mol. The molecular weight excluding hydrogens is 430 g/mol. The van der Waals surface area contributed by atoms with Crippen LogP contribution < -0.4 is 0 Å². The van der Waals surface area contributed by atoms with Gasteiger partial charge in [0.15, 0.2) is 9.84 Å². The zero-order valence-corrected chi connectivity index (χ0v) is 19.4. The Kier molecular flexibility index (Phi) is 5.72. The minimum absolute atomic E-state index is 0.148. The highest BCUT2D eigenvalue weighted by molar-refractivity contribution is 7.90. The molecule has 0 aliphatic rings. The lowest BCUT2D eigenvalue weighted by Crippen LogP contribution is -2.08. The molecule has 7 nitrogen and oxygen atoms in total. The minimum atomic E-state index is -3.42. The molecule has 4 rings (SSSR count). The van der Waals surface area contributed by atoms with Gasteiger partial charge in [-0.05, 0) is 24.6 Å².